The van der Waals surface area contributed by atoms with Crippen molar-refractivity contribution in [1.29, 1.82) is 10.8 Å². The zero-order valence-corrected chi connectivity index (χ0v) is 24.1. The van der Waals surface area contributed by atoms with Gasteiger partial charge in [-0.25, -0.2) is 0 Å². The maximum Gasteiger partial charge on any atom is 0.272 e. The molecule has 14 nitrogen and oxygen atoms in total. The molecule has 2 aromatic heterocycles. The van der Waals surface area contributed by atoms with E-state index in [0.717, 1.165) is 16.3 Å². The minimum Gasteiger partial charge on any atom is -0.360 e. The third-order valence-electron chi connectivity index (χ3n) is 6.63. The largest absolute Gasteiger partial charge is 0.360 e. The van der Waals surface area contributed by atoms with Gasteiger partial charge in [-0.15, -0.1) is 0 Å². The third kappa shape index (κ3) is 8.25. The Labute approximate surface area is 248 Å². The number of aromatic amines is 2. The topological polar surface area (TPSA) is 215 Å². The van der Waals surface area contributed by atoms with Crippen molar-refractivity contribution in [2.24, 2.45) is 0 Å². The number of guanidine groups is 2. The summed E-state index contributed by atoms with van der Waals surface area (Å²) < 4.78 is 0. The van der Waals surface area contributed by atoms with Crippen molar-refractivity contribution in [3.05, 3.63) is 65.5 Å². The van der Waals surface area contributed by atoms with Gasteiger partial charge < -0.3 is 47.2 Å². The first kappa shape index (κ1) is 30.4. The van der Waals surface area contributed by atoms with Gasteiger partial charge in [0.15, 0.2) is 11.9 Å². The number of benzene rings is 2. The minimum atomic E-state index is -0.342. The molecule has 2 heterocycles. The van der Waals surface area contributed by atoms with E-state index in [1.54, 1.807) is 56.6 Å². The lowest BCUT2D eigenvalue weighted by Gasteiger charge is -2.08. The minimum absolute atomic E-state index is 0.215. The van der Waals surface area contributed by atoms with E-state index in [4.69, 9.17) is 10.8 Å². The monoisotopic (exact) mass is 587 g/mol. The van der Waals surface area contributed by atoms with Crippen molar-refractivity contribution in [3.8, 4) is 0 Å². The van der Waals surface area contributed by atoms with Crippen LogP contribution in [0, 0.1) is 10.8 Å². The van der Waals surface area contributed by atoms with E-state index in [-0.39, 0.29) is 29.6 Å². The fourth-order valence-corrected chi connectivity index (χ4v) is 4.30. The van der Waals surface area contributed by atoms with Crippen molar-refractivity contribution < 1.29 is 14.4 Å². The molecule has 0 radical (unpaired) electrons. The molecule has 4 aromatic rings. The van der Waals surface area contributed by atoms with Gasteiger partial charge in [0.2, 0.25) is 0 Å². The van der Waals surface area contributed by atoms with Gasteiger partial charge in [0.25, 0.3) is 17.7 Å². The Morgan fingerprint density at radius 1 is 0.628 bits per heavy atom. The van der Waals surface area contributed by atoms with Crippen molar-refractivity contribution >= 4 is 57.1 Å². The summed E-state index contributed by atoms with van der Waals surface area (Å²) in [4.78, 5) is 44.3. The number of nitrogens with one attached hydrogen (secondary N) is 11. The van der Waals surface area contributed by atoms with Crippen LogP contribution < -0.4 is 37.2 Å². The number of anilines is 1. The molecule has 0 saturated carbocycles. The fraction of sp³-hybridized carbons (Fsp3) is 0.276. The maximum atomic E-state index is 13.0. The summed E-state index contributed by atoms with van der Waals surface area (Å²) in [6, 6.07) is 14.0. The van der Waals surface area contributed by atoms with Crippen LogP contribution in [0.15, 0.2) is 48.5 Å². The van der Waals surface area contributed by atoms with Gasteiger partial charge in [-0.3, -0.25) is 25.2 Å². The second kappa shape index (κ2) is 14.4. The number of rotatable bonds is 12. The number of amides is 3. The summed E-state index contributed by atoms with van der Waals surface area (Å²) in [6.07, 6.45) is 1.33. The van der Waals surface area contributed by atoms with Crippen LogP contribution in [0.4, 0.5) is 5.69 Å². The molecule has 0 saturated heterocycles. The molecule has 0 aliphatic rings. The van der Waals surface area contributed by atoms with Gasteiger partial charge >= 0.3 is 0 Å². The second-order valence-corrected chi connectivity index (χ2v) is 9.75. The molecule has 0 spiro atoms. The lowest BCUT2D eigenvalue weighted by atomic mass is 10.1. The SMILES string of the molecule is CNC(=N)NCCCNC(=O)c1ccc2[nH]c(C(=O)Nc3ccc4cc(C(=O)NCCCNC(=N)NC)[nH]c4c3)cc2c1. The maximum absolute atomic E-state index is 13.0. The molecule has 0 fully saturated rings. The Balaban J connectivity index is 1.32. The average molecular weight is 588 g/mol. The summed E-state index contributed by atoms with van der Waals surface area (Å²) in [5.41, 5.74) is 3.23. The molecule has 2 aromatic carbocycles. The summed E-state index contributed by atoms with van der Waals surface area (Å²) in [5, 5.41) is 36.3. The van der Waals surface area contributed by atoms with Crippen molar-refractivity contribution in [2.75, 3.05) is 45.6 Å². The summed E-state index contributed by atoms with van der Waals surface area (Å²) in [5.74, 6) is -0.334. The normalized spacial score (nSPS) is 10.7. The van der Waals surface area contributed by atoms with Gasteiger partial charge in [0.1, 0.15) is 11.4 Å². The number of carbonyl (C=O) groups excluding carboxylic acids is 3. The number of aromatic nitrogens is 2. The average Bonchev–Trinajstić information content (AvgIpc) is 3.64. The quantitative estimate of drug-likeness (QED) is 0.0668. The highest BCUT2D eigenvalue weighted by atomic mass is 16.2. The molecule has 43 heavy (non-hydrogen) atoms. The Bertz CT molecular complexity index is 1640. The van der Waals surface area contributed by atoms with Crippen LogP contribution in [0.25, 0.3) is 21.8 Å². The van der Waals surface area contributed by atoms with E-state index in [9.17, 15) is 14.4 Å². The molecule has 3 amide bonds. The van der Waals surface area contributed by atoms with Gasteiger partial charge in [-0.2, -0.15) is 0 Å². The summed E-state index contributed by atoms with van der Waals surface area (Å²) in [7, 11) is 3.32. The molecule has 0 atom stereocenters. The van der Waals surface area contributed by atoms with Gasteiger partial charge in [-0.1, -0.05) is 6.07 Å². The van der Waals surface area contributed by atoms with Crippen LogP contribution in [0.5, 0.6) is 0 Å². The number of hydrogen-bond donors (Lipinski definition) is 11. The lowest BCUT2D eigenvalue weighted by Crippen LogP contribution is -2.35. The van der Waals surface area contributed by atoms with E-state index in [1.807, 2.05) is 6.07 Å². The number of carbonyl (C=O) groups is 3. The molecule has 0 aliphatic carbocycles. The number of fused-ring (bicyclic) bond motifs is 2. The molecule has 226 valence electrons. The Morgan fingerprint density at radius 2 is 1.21 bits per heavy atom. The first-order chi connectivity index (χ1) is 20.8. The highest BCUT2D eigenvalue weighted by Crippen LogP contribution is 2.22. The first-order valence-electron chi connectivity index (χ1n) is 13.9. The standard InChI is InChI=1S/C29H37N11O3/c1-32-28(30)36-11-3-9-34-25(41)18-6-8-21-19(13-18)15-24(39-21)27(43)38-20-7-5-17-14-23(40-22(17)16-20)26(42)35-10-4-12-37-29(31)33-2/h5-8,13-16,39-40H,3-4,9-12H2,1-2H3,(H,34,41)(H,35,42)(H,38,43)(H3,30,32,36)(H3,31,33,37). The fourth-order valence-electron chi connectivity index (χ4n) is 4.30. The molecule has 0 bridgehead atoms. The van der Waals surface area contributed by atoms with Crippen molar-refractivity contribution in [3.63, 3.8) is 0 Å². The van der Waals surface area contributed by atoms with Crippen LogP contribution in [-0.4, -0.2) is 79.9 Å². The number of H-pyrrole nitrogens is 2. The van der Waals surface area contributed by atoms with E-state index < -0.39 is 0 Å². The highest BCUT2D eigenvalue weighted by molar-refractivity contribution is 6.08. The summed E-state index contributed by atoms with van der Waals surface area (Å²) >= 11 is 0. The Hall–Kier alpha value is -5.53. The molecular formula is C29H37N11O3. The second-order valence-electron chi connectivity index (χ2n) is 9.75. The molecule has 11 N–H and O–H groups in total. The van der Waals surface area contributed by atoms with Crippen LogP contribution in [0.1, 0.15) is 44.2 Å². The van der Waals surface area contributed by atoms with Gasteiger partial charge in [-0.05, 0) is 55.3 Å². The van der Waals surface area contributed by atoms with Crippen molar-refractivity contribution in [2.45, 2.75) is 12.8 Å². The predicted octanol–water partition coefficient (Wildman–Crippen LogP) is 1.63. The molecule has 0 unspecified atom stereocenters. The van der Waals surface area contributed by atoms with E-state index >= 15 is 0 Å². The first-order valence-corrected chi connectivity index (χ1v) is 13.9. The highest BCUT2D eigenvalue weighted by Gasteiger charge is 2.14. The van der Waals surface area contributed by atoms with Gasteiger partial charge in [0, 0.05) is 73.3 Å². The van der Waals surface area contributed by atoms with E-state index in [0.29, 0.717) is 67.2 Å². The summed E-state index contributed by atoms with van der Waals surface area (Å²) in [6.45, 7) is 2.04. The molecule has 14 heteroatoms. The van der Waals surface area contributed by atoms with Crippen LogP contribution >= 0.6 is 0 Å². The number of hydrogen-bond acceptors (Lipinski definition) is 5. The van der Waals surface area contributed by atoms with Crippen LogP contribution in [-0.2, 0) is 0 Å². The lowest BCUT2D eigenvalue weighted by molar-refractivity contribution is 0.0943. The van der Waals surface area contributed by atoms with E-state index in [2.05, 4.69) is 47.2 Å². The predicted molar refractivity (Wildman–Crippen MR) is 168 cm³/mol. The zero-order valence-electron chi connectivity index (χ0n) is 24.1. The van der Waals surface area contributed by atoms with E-state index in [1.165, 1.54) is 0 Å². The Morgan fingerprint density at radius 3 is 1.88 bits per heavy atom. The van der Waals surface area contributed by atoms with Crippen molar-refractivity contribution in [1.82, 2.24) is 41.9 Å². The smallest absolute Gasteiger partial charge is 0.272 e. The molecular weight excluding hydrogens is 550 g/mol. The zero-order chi connectivity index (χ0) is 30.8. The Kier molecular flexibility index (Phi) is 10.2. The molecule has 4 rings (SSSR count). The van der Waals surface area contributed by atoms with Gasteiger partial charge in [0.05, 0.1) is 0 Å². The van der Waals surface area contributed by atoms with Crippen LogP contribution in [0.2, 0.25) is 0 Å². The third-order valence-corrected chi connectivity index (χ3v) is 6.63. The van der Waals surface area contributed by atoms with Crippen LogP contribution in [0.3, 0.4) is 0 Å². The molecule has 0 aliphatic heterocycles.